The average Bonchev–Trinajstić information content (AvgIpc) is 2.88. The second-order valence-corrected chi connectivity index (χ2v) is 5.26. The van der Waals surface area contributed by atoms with E-state index in [4.69, 9.17) is 22.1 Å². The minimum absolute atomic E-state index is 0.0380. The molecule has 1 amide bonds. The van der Waals surface area contributed by atoms with Crippen molar-refractivity contribution < 1.29 is 9.53 Å². The first-order valence-electron chi connectivity index (χ1n) is 6.57. The third kappa shape index (κ3) is 2.92. The Bertz CT molecular complexity index is 665. The Hall–Kier alpha value is -2.27. The van der Waals surface area contributed by atoms with Gasteiger partial charge in [-0.15, -0.1) is 0 Å². The second kappa shape index (κ2) is 5.61. The lowest BCUT2D eigenvalue weighted by Crippen LogP contribution is -2.24. The number of ether oxygens (including phenoxy) is 1. The van der Waals surface area contributed by atoms with Crippen LogP contribution in [0.4, 0.5) is 5.82 Å². The minimum Gasteiger partial charge on any atom is -0.488 e. The number of halogens is 1. The number of pyridine rings is 1. The van der Waals surface area contributed by atoms with Gasteiger partial charge in [0.05, 0.1) is 17.1 Å². The molecule has 0 bridgehead atoms. The Morgan fingerprint density at radius 1 is 1.48 bits per heavy atom. The van der Waals surface area contributed by atoms with Crippen LogP contribution in [0.3, 0.4) is 0 Å². The lowest BCUT2D eigenvalue weighted by molar-refractivity contribution is 0.1000. The van der Waals surface area contributed by atoms with E-state index in [9.17, 15) is 4.79 Å². The van der Waals surface area contributed by atoms with Crippen LogP contribution in [-0.4, -0.2) is 23.5 Å². The first-order chi connectivity index (χ1) is 10.1. The summed E-state index contributed by atoms with van der Waals surface area (Å²) in [7, 11) is 0. The summed E-state index contributed by atoms with van der Waals surface area (Å²) in [5.41, 5.74) is 6.67. The van der Waals surface area contributed by atoms with Crippen LogP contribution in [-0.2, 0) is 6.42 Å². The highest BCUT2D eigenvalue weighted by Crippen LogP contribution is 2.28. The first-order valence-corrected chi connectivity index (χ1v) is 6.95. The Morgan fingerprint density at radius 3 is 3.00 bits per heavy atom. The van der Waals surface area contributed by atoms with Crippen molar-refractivity contribution in [2.75, 3.05) is 11.9 Å². The van der Waals surface area contributed by atoms with Gasteiger partial charge in [0.2, 0.25) is 5.91 Å². The summed E-state index contributed by atoms with van der Waals surface area (Å²) in [5, 5.41) is 3.50. The van der Waals surface area contributed by atoms with Crippen molar-refractivity contribution in [1.29, 1.82) is 0 Å². The smallest absolute Gasteiger partial charge is 0.250 e. The zero-order valence-corrected chi connectivity index (χ0v) is 11.9. The Labute approximate surface area is 127 Å². The zero-order chi connectivity index (χ0) is 14.8. The molecule has 108 valence electrons. The van der Waals surface area contributed by atoms with Crippen LogP contribution in [0.2, 0.25) is 5.02 Å². The molecule has 1 aliphatic heterocycles. The van der Waals surface area contributed by atoms with Gasteiger partial charge in [0.1, 0.15) is 17.7 Å². The van der Waals surface area contributed by atoms with Gasteiger partial charge in [-0.25, -0.2) is 4.98 Å². The van der Waals surface area contributed by atoms with Gasteiger partial charge in [0.15, 0.2) is 0 Å². The number of nitrogens with one attached hydrogen (secondary N) is 1. The van der Waals surface area contributed by atoms with Crippen LogP contribution in [0, 0.1) is 0 Å². The van der Waals surface area contributed by atoms with Crippen molar-refractivity contribution in [3.05, 3.63) is 52.7 Å². The van der Waals surface area contributed by atoms with Crippen molar-refractivity contribution in [3.8, 4) is 5.75 Å². The summed E-state index contributed by atoms with van der Waals surface area (Å²) in [4.78, 5) is 15.2. The predicted molar refractivity (Wildman–Crippen MR) is 80.8 cm³/mol. The molecule has 5 nitrogen and oxygen atoms in total. The molecule has 3 rings (SSSR count). The van der Waals surface area contributed by atoms with E-state index in [1.54, 1.807) is 0 Å². The Morgan fingerprint density at radius 2 is 2.29 bits per heavy atom. The molecule has 1 aromatic carbocycles. The molecule has 1 aliphatic rings. The van der Waals surface area contributed by atoms with Gasteiger partial charge in [0.25, 0.3) is 0 Å². The standard InChI is InChI=1S/C15H14ClN3O2/c16-12-6-10(14(17)20)7-18-15(12)19-8-11-5-9-3-1-2-4-13(9)21-11/h1-4,6-7,11H,5,8H2,(H2,17,20)(H,18,19). The number of fused-ring (bicyclic) bond motifs is 1. The van der Waals surface area contributed by atoms with E-state index >= 15 is 0 Å². The molecule has 0 saturated heterocycles. The van der Waals surface area contributed by atoms with Gasteiger partial charge in [-0.3, -0.25) is 4.79 Å². The number of benzene rings is 1. The molecule has 6 heteroatoms. The van der Waals surface area contributed by atoms with Crippen molar-refractivity contribution in [3.63, 3.8) is 0 Å². The summed E-state index contributed by atoms with van der Waals surface area (Å²) < 4.78 is 5.82. The lowest BCUT2D eigenvalue weighted by Gasteiger charge is -2.13. The summed E-state index contributed by atoms with van der Waals surface area (Å²) in [6.07, 6.45) is 2.29. The van der Waals surface area contributed by atoms with Crippen LogP contribution >= 0.6 is 11.6 Å². The topological polar surface area (TPSA) is 77.2 Å². The SMILES string of the molecule is NC(=O)c1cnc(NCC2Cc3ccccc3O2)c(Cl)c1. The number of amides is 1. The van der Waals surface area contributed by atoms with E-state index in [-0.39, 0.29) is 11.7 Å². The van der Waals surface area contributed by atoms with Crippen molar-refractivity contribution in [2.24, 2.45) is 5.73 Å². The molecule has 2 aromatic rings. The highest BCUT2D eigenvalue weighted by atomic mass is 35.5. The number of nitrogens with two attached hydrogens (primary N) is 1. The number of primary amides is 1. The van der Waals surface area contributed by atoms with Gasteiger partial charge >= 0.3 is 0 Å². The van der Waals surface area contributed by atoms with Gasteiger partial charge in [-0.05, 0) is 17.7 Å². The fourth-order valence-electron chi connectivity index (χ4n) is 2.28. The summed E-state index contributed by atoms with van der Waals surface area (Å²) in [5.74, 6) is 0.888. The van der Waals surface area contributed by atoms with Gasteiger partial charge in [0, 0.05) is 12.6 Å². The van der Waals surface area contributed by atoms with Crippen LogP contribution in [0.25, 0.3) is 0 Å². The third-order valence-corrected chi connectivity index (χ3v) is 3.62. The van der Waals surface area contributed by atoms with Gasteiger partial charge in [-0.2, -0.15) is 0 Å². The van der Waals surface area contributed by atoms with Gasteiger partial charge < -0.3 is 15.8 Å². The van der Waals surface area contributed by atoms with E-state index < -0.39 is 5.91 Å². The van der Waals surface area contributed by atoms with E-state index in [1.165, 1.54) is 17.8 Å². The number of nitrogens with zero attached hydrogens (tertiary/aromatic N) is 1. The maximum atomic E-state index is 11.0. The number of hydrogen-bond donors (Lipinski definition) is 2. The maximum absolute atomic E-state index is 11.0. The third-order valence-electron chi connectivity index (χ3n) is 3.34. The predicted octanol–water partition coefficient (Wildman–Crippen LogP) is 2.25. The number of para-hydroxylation sites is 1. The molecule has 1 unspecified atom stereocenters. The molecule has 0 fully saturated rings. The Balaban J connectivity index is 1.63. The highest BCUT2D eigenvalue weighted by Gasteiger charge is 2.22. The maximum Gasteiger partial charge on any atom is 0.250 e. The minimum atomic E-state index is -0.550. The molecule has 0 saturated carbocycles. The fraction of sp³-hybridized carbons (Fsp3) is 0.200. The molecule has 21 heavy (non-hydrogen) atoms. The number of anilines is 1. The number of hydrogen-bond acceptors (Lipinski definition) is 4. The zero-order valence-electron chi connectivity index (χ0n) is 11.2. The molecule has 1 aromatic heterocycles. The number of aromatic nitrogens is 1. The van der Waals surface area contributed by atoms with E-state index in [2.05, 4.69) is 16.4 Å². The number of carbonyl (C=O) groups excluding carboxylic acids is 1. The summed E-state index contributed by atoms with van der Waals surface area (Å²) >= 11 is 6.07. The van der Waals surface area contributed by atoms with E-state index in [0.717, 1.165) is 12.2 Å². The molecule has 1 atom stereocenters. The monoisotopic (exact) mass is 303 g/mol. The highest BCUT2D eigenvalue weighted by molar-refractivity contribution is 6.33. The normalized spacial score (nSPS) is 16.1. The number of rotatable bonds is 4. The van der Waals surface area contributed by atoms with Crippen molar-refractivity contribution in [1.82, 2.24) is 4.98 Å². The van der Waals surface area contributed by atoms with E-state index in [1.807, 2.05) is 18.2 Å². The van der Waals surface area contributed by atoms with Crippen LogP contribution in [0.1, 0.15) is 15.9 Å². The number of carbonyl (C=O) groups is 1. The van der Waals surface area contributed by atoms with Crippen LogP contribution in [0.15, 0.2) is 36.5 Å². The van der Waals surface area contributed by atoms with Crippen LogP contribution < -0.4 is 15.8 Å². The molecule has 0 spiro atoms. The van der Waals surface area contributed by atoms with Crippen molar-refractivity contribution >= 4 is 23.3 Å². The van der Waals surface area contributed by atoms with Crippen LogP contribution in [0.5, 0.6) is 5.75 Å². The first kappa shape index (κ1) is 13.7. The lowest BCUT2D eigenvalue weighted by atomic mass is 10.1. The molecular weight excluding hydrogens is 290 g/mol. The quantitative estimate of drug-likeness (QED) is 0.908. The fourth-order valence-corrected chi connectivity index (χ4v) is 2.51. The van der Waals surface area contributed by atoms with E-state index in [0.29, 0.717) is 17.4 Å². The average molecular weight is 304 g/mol. The molecular formula is C15H14ClN3O2. The summed E-state index contributed by atoms with van der Waals surface area (Å²) in [6, 6.07) is 9.47. The Kier molecular flexibility index (Phi) is 3.66. The van der Waals surface area contributed by atoms with Gasteiger partial charge in [-0.1, -0.05) is 29.8 Å². The largest absolute Gasteiger partial charge is 0.488 e. The second-order valence-electron chi connectivity index (χ2n) is 4.85. The molecule has 2 heterocycles. The molecule has 3 N–H and O–H groups in total. The molecule has 0 aliphatic carbocycles. The summed E-state index contributed by atoms with van der Waals surface area (Å²) in [6.45, 7) is 0.581. The molecule has 0 radical (unpaired) electrons. The van der Waals surface area contributed by atoms with Crippen molar-refractivity contribution in [2.45, 2.75) is 12.5 Å².